The summed E-state index contributed by atoms with van der Waals surface area (Å²) < 4.78 is 10.7. The summed E-state index contributed by atoms with van der Waals surface area (Å²) >= 11 is 0. The van der Waals surface area contributed by atoms with Crippen LogP contribution in [0.15, 0.2) is 42.5 Å². The Labute approximate surface area is 142 Å². The van der Waals surface area contributed by atoms with E-state index in [0.29, 0.717) is 13.0 Å². The van der Waals surface area contributed by atoms with E-state index in [9.17, 15) is 4.79 Å². The number of rotatable bonds is 6. The number of anilines is 1. The normalized spacial score (nSPS) is 13.0. The van der Waals surface area contributed by atoms with E-state index in [2.05, 4.69) is 11.4 Å². The van der Waals surface area contributed by atoms with Gasteiger partial charge in [0.15, 0.2) is 0 Å². The minimum atomic E-state index is -0.0116. The van der Waals surface area contributed by atoms with Crippen LogP contribution < -0.4 is 14.8 Å². The molecule has 126 valence electrons. The molecule has 0 heterocycles. The first-order chi connectivity index (χ1) is 11.8. The maximum absolute atomic E-state index is 12.2. The van der Waals surface area contributed by atoms with Crippen molar-refractivity contribution in [1.82, 2.24) is 0 Å². The van der Waals surface area contributed by atoms with Crippen LogP contribution in [-0.4, -0.2) is 19.6 Å². The summed E-state index contributed by atoms with van der Waals surface area (Å²) in [6.07, 6.45) is 4.92. The number of carbonyl (C=O) groups excluding carboxylic acids is 1. The molecule has 0 bridgehead atoms. The molecule has 1 aliphatic rings. The molecule has 1 aliphatic carbocycles. The van der Waals surface area contributed by atoms with Gasteiger partial charge >= 0.3 is 0 Å². The zero-order chi connectivity index (χ0) is 16.8. The number of hydrogen-bond acceptors (Lipinski definition) is 3. The fraction of sp³-hybridized carbons (Fsp3) is 0.350. The zero-order valence-corrected chi connectivity index (χ0v) is 14.0. The summed E-state index contributed by atoms with van der Waals surface area (Å²) in [5.74, 6) is 1.51. The third-order valence-electron chi connectivity index (χ3n) is 4.33. The van der Waals surface area contributed by atoms with E-state index in [1.54, 1.807) is 7.11 Å². The number of amides is 1. The molecule has 0 radical (unpaired) electrons. The van der Waals surface area contributed by atoms with Crippen molar-refractivity contribution in [1.29, 1.82) is 0 Å². The Morgan fingerprint density at radius 2 is 1.79 bits per heavy atom. The molecule has 24 heavy (non-hydrogen) atoms. The summed E-state index contributed by atoms with van der Waals surface area (Å²) in [6.45, 7) is 0.354. The maximum atomic E-state index is 12.2. The monoisotopic (exact) mass is 325 g/mol. The highest BCUT2D eigenvalue weighted by molar-refractivity contribution is 5.91. The Kier molecular flexibility index (Phi) is 5.36. The average molecular weight is 325 g/mol. The van der Waals surface area contributed by atoms with E-state index in [1.807, 2.05) is 36.4 Å². The van der Waals surface area contributed by atoms with Gasteiger partial charge in [-0.1, -0.05) is 12.1 Å². The van der Waals surface area contributed by atoms with Crippen molar-refractivity contribution < 1.29 is 14.3 Å². The number of hydrogen-bond donors (Lipinski definition) is 1. The summed E-state index contributed by atoms with van der Waals surface area (Å²) in [5.41, 5.74) is 3.63. The largest absolute Gasteiger partial charge is 0.497 e. The van der Waals surface area contributed by atoms with Crippen LogP contribution in [0.2, 0.25) is 0 Å². The van der Waals surface area contributed by atoms with Gasteiger partial charge in [-0.15, -0.1) is 0 Å². The van der Waals surface area contributed by atoms with E-state index >= 15 is 0 Å². The highest BCUT2D eigenvalue weighted by Crippen LogP contribution is 2.27. The summed E-state index contributed by atoms with van der Waals surface area (Å²) in [6, 6.07) is 13.5. The summed E-state index contributed by atoms with van der Waals surface area (Å²) in [7, 11) is 1.63. The Morgan fingerprint density at radius 3 is 2.58 bits per heavy atom. The van der Waals surface area contributed by atoms with Gasteiger partial charge in [-0.3, -0.25) is 4.79 Å². The van der Waals surface area contributed by atoms with Crippen molar-refractivity contribution in [3.05, 3.63) is 53.6 Å². The molecule has 0 unspecified atom stereocenters. The molecular formula is C20H23NO3. The molecule has 0 aromatic heterocycles. The topological polar surface area (TPSA) is 47.6 Å². The number of fused-ring (bicyclic) bond motifs is 1. The number of benzene rings is 2. The molecule has 0 saturated carbocycles. The lowest BCUT2D eigenvalue weighted by Crippen LogP contribution is -2.17. The first-order valence-corrected chi connectivity index (χ1v) is 8.44. The van der Waals surface area contributed by atoms with Gasteiger partial charge in [-0.25, -0.2) is 0 Å². The van der Waals surface area contributed by atoms with Crippen LogP contribution in [0.3, 0.4) is 0 Å². The minimum absolute atomic E-state index is 0.0116. The highest BCUT2D eigenvalue weighted by atomic mass is 16.5. The molecule has 0 saturated heterocycles. The predicted molar refractivity (Wildman–Crippen MR) is 94.8 cm³/mol. The second-order valence-corrected chi connectivity index (χ2v) is 5.97. The number of ether oxygens (including phenoxy) is 2. The second kappa shape index (κ2) is 7.86. The zero-order valence-electron chi connectivity index (χ0n) is 14.0. The summed E-state index contributed by atoms with van der Waals surface area (Å²) in [4.78, 5) is 12.2. The Morgan fingerprint density at radius 1 is 1.04 bits per heavy atom. The lowest BCUT2D eigenvalue weighted by Gasteiger charge is -2.19. The first kappa shape index (κ1) is 16.4. The van der Waals surface area contributed by atoms with Crippen LogP contribution in [0.1, 0.15) is 30.4 Å². The van der Waals surface area contributed by atoms with E-state index in [0.717, 1.165) is 30.0 Å². The maximum Gasteiger partial charge on any atom is 0.227 e. The van der Waals surface area contributed by atoms with E-state index in [-0.39, 0.29) is 5.91 Å². The van der Waals surface area contributed by atoms with Crippen LogP contribution in [0.4, 0.5) is 5.69 Å². The van der Waals surface area contributed by atoms with Gasteiger partial charge in [0.2, 0.25) is 5.91 Å². The number of carbonyl (C=O) groups is 1. The van der Waals surface area contributed by atoms with Gasteiger partial charge < -0.3 is 14.8 Å². The lowest BCUT2D eigenvalue weighted by atomic mass is 9.90. The Balaban J connectivity index is 1.51. The molecule has 1 amide bonds. The fourth-order valence-corrected chi connectivity index (χ4v) is 3.04. The van der Waals surface area contributed by atoms with Crippen molar-refractivity contribution in [2.24, 2.45) is 0 Å². The number of aryl methyl sites for hydroxylation is 1. The Bertz CT molecular complexity index is 695. The van der Waals surface area contributed by atoms with Crippen molar-refractivity contribution in [3.8, 4) is 11.5 Å². The molecule has 0 spiro atoms. The molecule has 4 nitrogen and oxygen atoms in total. The first-order valence-electron chi connectivity index (χ1n) is 8.44. The standard InChI is InChI=1S/C20H23NO3/c1-23-16-9-11-17(12-10-16)24-14-13-20(22)21-19-8-4-6-15-5-2-3-7-18(15)19/h4,6,8-12H,2-3,5,7,13-14H2,1H3,(H,21,22). The third-order valence-corrected chi connectivity index (χ3v) is 4.33. The molecule has 2 aromatic rings. The third kappa shape index (κ3) is 4.07. The molecule has 1 N–H and O–H groups in total. The van der Waals surface area contributed by atoms with E-state index < -0.39 is 0 Å². The molecule has 0 fully saturated rings. The predicted octanol–water partition coefficient (Wildman–Crippen LogP) is 3.98. The average Bonchev–Trinajstić information content (AvgIpc) is 2.63. The van der Waals surface area contributed by atoms with Gasteiger partial charge in [0.25, 0.3) is 0 Å². The van der Waals surface area contributed by atoms with Crippen LogP contribution >= 0.6 is 0 Å². The smallest absolute Gasteiger partial charge is 0.227 e. The van der Waals surface area contributed by atoms with E-state index in [4.69, 9.17) is 9.47 Å². The van der Waals surface area contributed by atoms with Gasteiger partial charge in [0.1, 0.15) is 11.5 Å². The Hall–Kier alpha value is -2.49. The highest BCUT2D eigenvalue weighted by Gasteiger charge is 2.14. The molecule has 0 atom stereocenters. The second-order valence-electron chi connectivity index (χ2n) is 5.97. The SMILES string of the molecule is COc1ccc(OCCC(=O)Nc2cccc3c2CCCC3)cc1. The van der Waals surface area contributed by atoms with Crippen molar-refractivity contribution >= 4 is 11.6 Å². The van der Waals surface area contributed by atoms with Crippen LogP contribution in [0.5, 0.6) is 11.5 Å². The minimum Gasteiger partial charge on any atom is -0.497 e. The van der Waals surface area contributed by atoms with Crippen molar-refractivity contribution in [2.75, 3.05) is 19.0 Å². The van der Waals surface area contributed by atoms with Gasteiger partial charge in [0.05, 0.1) is 20.1 Å². The fourth-order valence-electron chi connectivity index (χ4n) is 3.04. The van der Waals surface area contributed by atoms with Crippen molar-refractivity contribution in [2.45, 2.75) is 32.1 Å². The lowest BCUT2D eigenvalue weighted by molar-refractivity contribution is -0.116. The van der Waals surface area contributed by atoms with Gasteiger partial charge in [0, 0.05) is 5.69 Å². The quantitative estimate of drug-likeness (QED) is 0.874. The number of nitrogens with one attached hydrogen (secondary N) is 1. The number of methoxy groups -OCH3 is 1. The van der Waals surface area contributed by atoms with Crippen LogP contribution in [-0.2, 0) is 17.6 Å². The van der Waals surface area contributed by atoms with E-state index in [1.165, 1.54) is 24.0 Å². The molecule has 4 heteroatoms. The van der Waals surface area contributed by atoms with Crippen LogP contribution in [0, 0.1) is 0 Å². The van der Waals surface area contributed by atoms with Gasteiger partial charge in [-0.05, 0) is 67.1 Å². The molecular weight excluding hydrogens is 302 g/mol. The van der Waals surface area contributed by atoms with Gasteiger partial charge in [-0.2, -0.15) is 0 Å². The molecule has 3 rings (SSSR count). The summed E-state index contributed by atoms with van der Waals surface area (Å²) in [5, 5.41) is 3.04. The molecule has 0 aliphatic heterocycles. The van der Waals surface area contributed by atoms with Crippen molar-refractivity contribution in [3.63, 3.8) is 0 Å². The molecule has 2 aromatic carbocycles. The van der Waals surface area contributed by atoms with Crippen LogP contribution in [0.25, 0.3) is 0 Å².